The maximum atomic E-state index is 8.80. The lowest BCUT2D eigenvalue weighted by Gasteiger charge is -2.24. The van der Waals surface area contributed by atoms with Gasteiger partial charge in [-0.25, -0.2) is 0 Å². The second kappa shape index (κ2) is 7.20. The summed E-state index contributed by atoms with van der Waals surface area (Å²) >= 11 is 0. The minimum atomic E-state index is 0.519. The van der Waals surface area contributed by atoms with E-state index in [9.17, 15) is 0 Å². The first-order valence-electron chi connectivity index (χ1n) is 6.63. The monoisotopic (exact) mass is 266 g/mol. The first-order valence-corrected chi connectivity index (χ1v) is 6.63. The van der Waals surface area contributed by atoms with Crippen molar-refractivity contribution in [1.29, 1.82) is 5.26 Å². The van der Waals surface area contributed by atoms with Gasteiger partial charge in [-0.2, -0.15) is 5.26 Å². The van der Waals surface area contributed by atoms with E-state index in [4.69, 9.17) is 10.00 Å². The van der Waals surface area contributed by atoms with Crippen LogP contribution in [0, 0.1) is 11.3 Å². The Hall–Kier alpha value is -2.47. The highest BCUT2D eigenvalue weighted by Crippen LogP contribution is 2.18. The molecule has 0 radical (unpaired) electrons. The molecule has 3 nitrogen and oxygen atoms in total. The van der Waals surface area contributed by atoms with Crippen LogP contribution in [0.5, 0.6) is 5.75 Å². The normalized spacial score (nSPS) is 9.80. The summed E-state index contributed by atoms with van der Waals surface area (Å²) in [6.45, 7) is 1.52. The molecule has 3 heteroatoms. The Balaban J connectivity index is 2.13. The number of nitrogens with zero attached hydrogens (tertiary/aromatic N) is 2. The van der Waals surface area contributed by atoms with Crippen LogP contribution in [-0.4, -0.2) is 13.7 Å². The van der Waals surface area contributed by atoms with E-state index in [2.05, 4.69) is 35.2 Å². The van der Waals surface area contributed by atoms with Crippen molar-refractivity contribution in [3.05, 3.63) is 60.2 Å². The van der Waals surface area contributed by atoms with Gasteiger partial charge in [-0.3, -0.25) is 0 Å². The predicted molar refractivity (Wildman–Crippen MR) is 80.7 cm³/mol. The Bertz CT molecular complexity index is 558. The quantitative estimate of drug-likeness (QED) is 0.801. The molecule has 2 aromatic rings. The fourth-order valence-corrected chi connectivity index (χ4v) is 2.07. The molecular weight excluding hydrogens is 248 g/mol. The van der Waals surface area contributed by atoms with Crippen molar-refractivity contribution in [2.24, 2.45) is 0 Å². The van der Waals surface area contributed by atoms with Crippen LogP contribution in [0.25, 0.3) is 0 Å². The molecule has 0 unspecified atom stereocenters. The molecule has 20 heavy (non-hydrogen) atoms. The number of nitriles is 1. The zero-order chi connectivity index (χ0) is 14.2. The second-order valence-electron chi connectivity index (χ2n) is 4.51. The van der Waals surface area contributed by atoms with Crippen LogP contribution in [0.4, 0.5) is 5.69 Å². The van der Waals surface area contributed by atoms with Gasteiger partial charge in [-0.15, -0.1) is 0 Å². The molecule has 0 heterocycles. The molecule has 102 valence electrons. The number of rotatable bonds is 6. The average molecular weight is 266 g/mol. The molecule has 0 fully saturated rings. The topological polar surface area (TPSA) is 36.3 Å². The summed E-state index contributed by atoms with van der Waals surface area (Å²) in [6, 6.07) is 20.4. The van der Waals surface area contributed by atoms with Gasteiger partial charge in [0.05, 0.1) is 19.6 Å². The van der Waals surface area contributed by atoms with Crippen LogP contribution in [0.1, 0.15) is 12.0 Å². The van der Waals surface area contributed by atoms with Crippen LogP contribution in [0.15, 0.2) is 54.6 Å². The van der Waals surface area contributed by atoms with Crippen LogP contribution in [-0.2, 0) is 6.54 Å². The van der Waals surface area contributed by atoms with Gasteiger partial charge >= 0.3 is 0 Å². The smallest absolute Gasteiger partial charge is 0.118 e. The van der Waals surface area contributed by atoms with E-state index in [0.717, 1.165) is 24.5 Å². The van der Waals surface area contributed by atoms with E-state index in [1.165, 1.54) is 5.56 Å². The van der Waals surface area contributed by atoms with Gasteiger partial charge in [0.2, 0.25) is 0 Å². The Kier molecular flexibility index (Phi) is 5.02. The number of anilines is 1. The summed E-state index contributed by atoms with van der Waals surface area (Å²) in [7, 11) is 1.66. The number of benzene rings is 2. The lowest BCUT2D eigenvalue weighted by atomic mass is 10.2. The molecule has 0 aliphatic carbocycles. The van der Waals surface area contributed by atoms with E-state index >= 15 is 0 Å². The summed E-state index contributed by atoms with van der Waals surface area (Å²) in [5.74, 6) is 0.858. The molecule has 2 rings (SSSR count). The zero-order valence-corrected chi connectivity index (χ0v) is 11.6. The maximum absolute atomic E-state index is 8.80. The molecule has 0 aromatic heterocycles. The van der Waals surface area contributed by atoms with Crippen LogP contribution in [0.2, 0.25) is 0 Å². The van der Waals surface area contributed by atoms with E-state index in [-0.39, 0.29) is 0 Å². The molecular formula is C17H18N2O. The van der Waals surface area contributed by atoms with Gasteiger partial charge in [0.25, 0.3) is 0 Å². The third-order valence-electron chi connectivity index (χ3n) is 3.15. The number of hydrogen-bond donors (Lipinski definition) is 0. The average Bonchev–Trinajstić information content (AvgIpc) is 2.53. The van der Waals surface area contributed by atoms with Crippen LogP contribution in [0.3, 0.4) is 0 Å². The van der Waals surface area contributed by atoms with Gasteiger partial charge in [0, 0.05) is 18.8 Å². The highest BCUT2D eigenvalue weighted by atomic mass is 16.5. The number of hydrogen-bond acceptors (Lipinski definition) is 3. The molecule has 0 atom stereocenters. The van der Waals surface area contributed by atoms with Gasteiger partial charge < -0.3 is 9.64 Å². The molecule has 0 aliphatic heterocycles. The SMILES string of the molecule is COc1ccc(CN(CCC#N)c2ccccc2)cc1. The fraction of sp³-hybridized carbons (Fsp3) is 0.235. The molecule has 2 aromatic carbocycles. The fourth-order valence-electron chi connectivity index (χ4n) is 2.07. The van der Waals surface area contributed by atoms with Crippen LogP contribution >= 0.6 is 0 Å². The van der Waals surface area contributed by atoms with Crippen molar-refractivity contribution >= 4 is 5.69 Å². The van der Waals surface area contributed by atoms with Gasteiger partial charge in [-0.05, 0) is 29.8 Å². The summed E-state index contributed by atoms with van der Waals surface area (Å²) in [5.41, 5.74) is 2.34. The van der Waals surface area contributed by atoms with E-state index in [0.29, 0.717) is 6.42 Å². The largest absolute Gasteiger partial charge is 0.497 e. The number of ether oxygens (including phenoxy) is 1. The maximum Gasteiger partial charge on any atom is 0.118 e. The van der Waals surface area contributed by atoms with Crippen molar-refractivity contribution in [1.82, 2.24) is 0 Å². The first-order chi connectivity index (χ1) is 9.83. The van der Waals surface area contributed by atoms with E-state index < -0.39 is 0 Å². The van der Waals surface area contributed by atoms with Gasteiger partial charge in [-0.1, -0.05) is 30.3 Å². The molecule has 0 saturated heterocycles. The Morgan fingerprint density at radius 3 is 2.35 bits per heavy atom. The van der Waals surface area contributed by atoms with E-state index in [1.807, 2.05) is 30.3 Å². The minimum Gasteiger partial charge on any atom is -0.497 e. The first kappa shape index (κ1) is 14.0. The highest BCUT2D eigenvalue weighted by Gasteiger charge is 2.07. The molecule has 0 amide bonds. The summed E-state index contributed by atoms with van der Waals surface area (Å²) < 4.78 is 5.17. The summed E-state index contributed by atoms with van der Waals surface area (Å²) in [6.07, 6.45) is 0.519. The van der Waals surface area contributed by atoms with Crippen molar-refractivity contribution in [3.8, 4) is 11.8 Å². The minimum absolute atomic E-state index is 0.519. The summed E-state index contributed by atoms with van der Waals surface area (Å²) in [4.78, 5) is 2.21. The van der Waals surface area contributed by atoms with Crippen molar-refractivity contribution in [3.63, 3.8) is 0 Å². The van der Waals surface area contributed by atoms with E-state index in [1.54, 1.807) is 7.11 Å². The second-order valence-corrected chi connectivity index (χ2v) is 4.51. The molecule has 0 saturated carbocycles. The van der Waals surface area contributed by atoms with Crippen molar-refractivity contribution in [2.75, 3.05) is 18.6 Å². The van der Waals surface area contributed by atoms with Crippen molar-refractivity contribution < 1.29 is 4.74 Å². The predicted octanol–water partition coefficient (Wildman–Crippen LogP) is 3.62. The summed E-state index contributed by atoms with van der Waals surface area (Å²) in [5, 5.41) is 8.80. The lowest BCUT2D eigenvalue weighted by Crippen LogP contribution is -2.23. The standard InChI is InChI=1S/C17H18N2O/c1-20-17-10-8-15(9-11-17)14-19(13-5-12-18)16-6-3-2-4-7-16/h2-4,6-11H,5,13-14H2,1H3. The lowest BCUT2D eigenvalue weighted by molar-refractivity contribution is 0.414. The Morgan fingerprint density at radius 2 is 1.75 bits per heavy atom. The number of para-hydroxylation sites is 1. The Morgan fingerprint density at radius 1 is 1.05 bits per heavy atom. The van der Waals surface area contributed by atoms with Gasteiger partial charge in [0.15, 0.2) is 0 Å². The Labute approximate surface area is 120 Å². The third-order valence-corrected chi connectivity index (χ3v) is 3.15. The molecule has 0 spiro atoms. The zero-order valence-electron chi connectivity index (χ0n) is 11.6. The van der Waals surface area contributed by atoms with Crippen LogP contribution < -0.4 is 9.64 Å². The molecule has 0 N–H and O–H groups in total. The molecule has 0 aliphatic rings. The molecule has 0 bridgehead atoms. The third kappa shape index (κ3) is 3.76. The highest BCUT2D eigenvalue weighted by molar-refractivity contribution is 5.47. The van der Waals surface area contributed by atoms with Gasteiger partial charge in [0.1, 0.15) is 5.75 Å². The number of methoxy groups -OCH3 is 1. The van der Waals surface area contributed by atoms with Crippen molar-refractivity contribution in [2.45, 2.75) is 13.0 Å².